The summed E-state index contributed by atoms with van der Waals surface area (Å²) in [7, 11) is 0. The van der Waals surface area contributed by atoms with Crippen LogP contribution in [-0.2, 0) is 0 Å². The average Bonchev–Trinajstić information content (AvgIpc) is 2.88. The Morgan fingerprint density at radius 1 is 1.05 bits per heavy atom. The molecular formula is C18H17F. The van der Waals surface area contributed by atoms with E-state index >= 15 is 0 Å². The molecule has 0 fully saturated rings. The first-order valence-electron chi connectivity index (χ1n) is 6.87. The van der Waals surface area contributed by atoms with Gasteiger partial charge in [0.05, 0.1) is 0 Å². The highest BCUT2D eigenvalue weighted by atomic mass is 19.1. The van der Waals surface area contributed by atoms with Crippen LogP contribution >= 0.6 is 0 Å². The van der Waals surface area contributed by atoms with E-state index in [1.165, 1.54) is 17.6 Å². The molecule has 1 heteroatoms. The van der Waals surface area contributed by atoms with E-state index in [4.69, 9.17) is 0 Å². The van der Waals surface area contributed by atoms with Gasteiger partial charge < -0.3 is 0 Å². The van der Waals surface area contributed by atoms with Gasteiger partial charge in [0.25, 0.3) is 0 Å². The van der Waals surface area contributed by atoms with E-state index in [1.807, 2.05) is 30.3 Å². The van der Waals surface area contributed by atoms with E-state index in [9.17, 15) is 4.39 Å². The summed E-state index contributed by atoms with van der Waals surface area (Å²) in [4.78, 5) is 0. The minimum absolute atomic E-state index is 0.143. The molecule has 0 aromatic heterocycles. The highest BCUT2D eigenvalue weighted by molar-refractivity contribution is 5.97. The lowest BCUT2D eigenvalue weighted by atomic mass is 9.98. The molecule has 19 heavy (non-hydrogen) atoms. The molecule has 0 heterocycles. The molecule has 0 nitrogen and oxygen atoms in total. The fraction of sp³-hybridized carbons (Fsp3) is 0.222. The van der Waals surface area contributed by atoms with E-state index in [2.05, 4.69) is 19.1 Å². The van der Waals surface area contributed by atoms with Gasteiger partial charge in [0, 0.05) is 5.39 Å². The highest BCUT2D eigenvalue weighted by Crippen LogP contribution is 2.33. The smallest absolute Gasteiger partial charge is 0.131 e. The van der Waals surface area contributed by atoms with Crippen LogP contribution in [-0.4, -0.2) is 0 Å². The van der Waals surface area contributed by atoms with Crippen LogP contribution in [0.2, 0.25) is 0 Å². The van der Waals surface area contributed by atoms with Gasteiger partial charge in [-0.3, -0.25) is 0 Å². The maximum Gasteiger partial charge on any atom is 0.131 e. The van der Waals surface area contributed by atoms with Gasteiger partial charge in [0.1, 0.15) is 5.82 Å². The normalized spacial score (nSPS) is 14.6. The van der Waals surface area contributed by atoms with Crippen molar-refractivity contribution in [1.82, 2.24) is 0 Å². The molecule has 0 aliphatic heterocycles. The van der Waals surface area contributed by atoms with Crippen LogP contribution in [0.3, 0.4) is 0 Å². The van der Waals surface area contributed by atoms with Gasteiger partial charge in [-0.1, -0.05) is 61.4 Å². The molecule has 96 valence electrons. The summed E-state index contributed by atoms with van der Waals surface area (Å²) in [6.45, 7) is 2.20. The van der Waals surface area contributed by atoms with Gasteiger partial charge in [-0.2, -0.15) is 0 Å². The first kappa shape index (κ1) is 12.2. The molecule has 0 bridgehead atoms. The van der Waals surface area contributed by atoms with Crippen LogP contribution in [0.15, 0.2) is 54.1 Å². The van der Waals surface area contributed by atoms with Crippen LogP contribution in [0.5, 0.6) is 0 Å². The molecular weight excluding hydrogens is 235 g/mol. The minimum atomic E-state index is -0.143. The Labute approximate surface area is 113 Å². The summed E-state index contributed by atoms with van der Waals surface area (Å²) in [5.74, 6) is -0.143. The van der Waals surface area contributed by atoms with E-state index < -0.39 is 0 Å². The zero-order chi connectivity index (χ0) is 13.2. The maximum absolute atomic E-state index is 13.8. The first-order valence-corrected chi connectivity index (χ1v) is 6.87. The van der Waals surface area contributed by atoms with Crippen molar-refractivity contribution >= 4 is 16.3 Å². The zero-order valence-corrected chi connectivity index (χ0v) is 11.1. The van der Waals surface area contributed by atoms with Crippen molar-refractivity contribution in [2.24, 2.45) is 0 Å². The lowest BCUT2D eigenvalue weighted by Crippen LogP contribution is -1.86. The molecule has 2 aromatic rings. The Hall–Kier alpha value is -1.89. The third kappa shape index (κ3) is 2.21. The van der Waals surface area contributed by atoms with Crippen LogP contribution < -0.4 is 0 Å². The maximum atomic E-state index is 13.8. The summed E-state index contributed by atoms with van der Waals surface area (Å²) in [6, 6.07) is 11.2. The molecule has 0 spiro atoms. The summed E-state index contributed by atoms with van der Waals surface area (Å²) in [5.41, 5.74) is 3.86. The first-order chi connectivity index (χ1) is 9.29. The Bertz CT molecular complexity index is 677. The number of halogens is 1. The minimum Gasteiger partial charge on any atom is -0.206 e. The van der Waals surface area contributed by atoms with Crippen molar-refractivity contribution in [1.29, 1.82) is 0 Å². The van der Waals surface area contributed by atoms with Crippen LogP contribution in [0.4, 0.5) is 4.39 Å². The van der Waals surface area contributed by atoms with Crippen LogP contribution in [0.1, 0.15) is 31.7 Å². The fourth-order valence-corrected chi connectivity index (χ4v) is 2.78. The van der Waals surface area contributed by atoms with Gasteiger partial charge in [0.15, 0.2) is 0 Å². The average molecular weight is 252 g/mol. The fourth-order valence-electron chi connectivity index (χ4n) is 2.78. The molecule has 0 amide bonds. The Morgan fingerprint density at radius 3 is 2.63 bits per heavy atom. The Balaban J connectivity index is 2.10. The molecule has 0 N–H and O–H groups in total. The molecule has 0 radical (unpaired) electrons. The second-order valence-corrected chi connectivity index (χ2v) is 5.06. The van der Waals surface area contributed by atoms with Crippen molar-refractivity contribution < 1.29 is 4.39 Å². The number of rotatable bonds is 3. The summed E-state index contributed by atoms with van der Waals surface area (Å²) in [6.07, 6.45) is 7.89. The summed E-state index contributed by atoms with van der Waals surface area (Å²) < 4.78 is 13.8. The monoisotopic (exact) mass is 252 g/mol. The van der Waals surface area contributed by atoms with Gasteiger partial charge >= 0.3 is 0 Å². The summed E-state index contributed by atoms with van der Waals surface area (Å²) >= 11 is 0. The third-order valence-corrected chi connectivity index (χ3v) is 3.70. The van der Waals surface area contributed by atoms with Crippen molar-refractivity contribution in [3.63, 3.8) is 0 Å². The molecule has 0 atom stereocenters. The van der Waals surface area contributed by atoms with Gasteiger partial charge in [-0.15, -0.1) is 0 Å². The van der Waals surface area contributed by atoms with E-state index in [0.29, 0.717) is 5.39 Å². The second-order valence-electron chi connectivity index (χ2n) is 5.06. The zero-order valence-electron chi connectivity index (χ0n) is 11.1. The molecule has 0 saturated carbocycles. The lowest BCUT2D eigenvalue weighted by Gasteiger charge is -2.07. The largest absolute Gasteiger partial charge is 0.206 e. The van der Waals surface area contributed by atoms with Crippen LogP contribution in [0.25, 0.3) is 16.3 Å². The Morgan fingerprint density at radius 2 is 1.84 bits per heavy atom. The van der Waals surface area contributed by atoms with E-state index in [1.54, 1.807) is 6.07 Å². The predicted molar refractivity (Wildman–Crippen MR) is 79.5 cm³/mol. The quantitative estimate of drug-likeness (QED) is 0.677. The molecule has 0 unspecified atom stereocenters. The van der Waals surface area contributed by atoms with Crippen molar-refractivity contribution in [3.8, 4) is 0 Å². The topological polar surface area (TPSA) is 0 Å². The van der Waals surface area contributed by atoms with E-state index in [0.717, 1.165) is 23.8 Å². The van der Waals surface area contributed by atoms with Crippen molar-refractivity contribution in [2.75, 3.05) is 0 Å². The second kappa shape index (κ2) is 5.00. The van der Waals surface area contributed by atoms with Crippen molar-refractivity contribution in [3.05, 3.63) is 65.5 Å². The molecule has 1 aliphatic carbocycles. The standard InChI is InChI=1S/C18H17F/c1-2-5-13-8-9-14(12-13)15-10-11-18(19)17-7-4-3-6-16(15)17/h3-4,6-7,9-12H,2,5,8H2,1H3. The van der Waals surface area contributed by atoms with Crippen molar-refractivity contribution in [2.45, 2.75) is 26.2 Å². The van der Waals surface area contributed by atoms with Crippen LogP contribution in [0, 0.1) is 5.82 Å². The molecule has 3 rings (SSSR count). The predicted octanol–water partition coefficient (Wildman–Crippen LogP) is 5.49. The molecule has 2 aromatic carbocycles. The van der Waals surface area contributed by atoms with Gasteiger partial charge in [-0.25, -0.2) is 4.39 Å². The number of hydrogen-bond donors (Lipinski definition) is 0. The highest BCUT2D eigenvalue weighted by Gasteiger charge is 2.12. The SMILES string of the molecule is CCCC1=CC(c2ccc(F)c3ccccc23)=CC1. The lowest BCUT2D eigenvalue weighted by molar-refractivity contribution is 0.640. The third-order valence-electron chi connectivity index (χ3n) is 3.70. The number of hydrogen-bond acceptors (Lipinski definition) is 0. The van der Waals surface area contributed by atoms with E-state index in [-0.39, 0.29) is 5.82 Å². The van der Waals surface area contributed by atoms with Gasteiger partial charge in [0.2, 0.25) is 0 Å². The Kier molecular flexibility index (Phi) is 3.20. The number of allylic oxidation sites excluding steroid dienone is 4. The summed E-state index contributed by atoms with van der Waals surface area (Å²) in [5, 5.41) is 1.71. The number of benzene rings is 2. The number of fused-ring (bicyclic) bond motifs is 1. The molecule has 0 saturated heterocycles. The molecule has 1 aliphatic rings. The van der Waals surface area contributed by atoms with Gasteiger partial charge in [-0.05, 0) is 35.4 Å².